The summed E-state index contributed by atoms with van der Waals surface area (Å²) >= 11 is 0. The fourth-order valence-corrected chi connectivity index (χ4v) is 2.67. The van der Waals surface area contributed by atoms with Gasteiger partial charge in [0, 0.05) is 18.9 Å². The molecule has 1 fully saturated rings. The minimum atomic E-state index is -0.295. The van der Waals surface area contributed by atoms with Crippen LogP contribution in [-0.4, -0.2) is 40.0 Å². The number of carbonyl (C=O) groups is 1. The van der Waals surface area contributed by atoms with Gasteiger partial charge in [0.1, 0.15) is 11.9 Å². The maximum Gasteiger partial charge on any atom is 0.232 e. The van der Waals surface area contributed by atoms with Gasteiger partial charge in [-0.1, -0.05) is 12.1 Å². The summed E-state index contributed by atoms with van der Waals surface area (Å²) in [7, 11) is 0. The van der Waals surface area contributed by atoms with E-state index in [1.165, 1.54) is 12.1 Å². The van der Waals surface area contributed by atoms with E-state index in [1.807, 2.05) is 0 Å². The number of carbonyl (C=O) groups excluding carboxylic acids is 1. The number of halogens is 1. The first-order valence-electron chi connectivity index (χ1n) is 7.65. The van der Waals surface area contributed by atoms with Crippen molar-refractivity contribution in [1.29, 1.82) is 0 Å². The van der Waals surface area contributed by atoms with Gasteiger partial charge in [-0.25, -0.2) is 9.37 Å². The van der Waals surface area contributed by atoms with Gasteiger partial charge in [-0.05, 0) is 30.5 Å². The second-order valence-electron chi connectivity index (χ2n) is 5.57. The van der Waals surface area contributed by atoms with Crippen molar-refractivity contribution < 1.29 is 13.9 Å². The largest absolute Gasteiger partial charge is 0.471 e. The molecule has 23 heavy (non-hydrogen) atoms. The van der Waals surface area contributed by atoms with E-state index in [1.54, 1.807) is 35.6 Å². The molecule has 0 bridgehead atoms. The predicted octanol–water partition coefficient (Wildman–Crippen LogP) is 2.23. The Bertz CT molecular complexity index is 649. The van der Waals surface area contributed by atoms with E-state index >= 15 is 0 Å². The highest BCUT2D eigenvalue weighted by Gasteiger charge is 2.25. The van der Waals surface area contributed by atoms with Crippen molar-refractivity contribution in [3.05, 3.63) is 54.2 Å². The van der Waals surface area contributed by atoms with Crippen LogP contribution in [0.2, 0.25) is 0 Å². The van der Waals surface area contributed by atoms with Crippen molar-refractivity contribution in [3.8, 4) is 5.88 Å². The third-order valence-electron chi connectivity index (χ3n) is 3.83. The summed E-state index contributed by atoms with van der Waals surface area (Å²) < 4.78 is 18.7. The lowest BCUT2D eigenvalue weighted by molar-refractivity contribution is -0.133. The Kier molecular flexibility index (Phi) is 4.80. The van der Waals surface area contributed by atoms with Crippen molar-refractivity contribution in [2.45, 2.75) is 25.4 Å². The standard InChI is InChI=1S/C17H18FN3O2/c18-14-5-3-13(4-6-14)10-17(22)21-9-1-2-15(12-21)23-16-11-19-7-8-20-16/h3-8,11,15H,1-2,9-10,12H2. The molecule has 5 nitrogen and oxygen atoms in total. The highest BCUT2D eigenvalue weighted by molar-refractivity contribution is 5.78. The molecule has 1 amide bonds. The SMILES string of the molecule is O=C(Cc1ccc(F)cc1)N1CCCC(Oc2cnccn2)C1. The molecule has 0 saturated carbocycles. The van der Waals surface area contributed by atoms with Crippen LogP contribution >= 0.6 is 0 Å². The van der Waals surface area contributed by atoms with E-state index in [9.17, 15) is 9.18 Å². The van der Waals surface area contributed by atoms with Crippen LogP contribution in [0.3, 0.4) is 0 Å². The Morgan fingerprint density at radius 2 is 2.13 bits per heavy atom. The number of rotatable bonds is 4. The van der Waals surface area contributed by atoms with Crippen LogP contribution in [0, 0.1) is 5.82 Å². The lowest BCUT2D eigenvalue weighted by Crippen LogP contribution is -2.45. The summed E-state index contributed by atoms with van der Waals surface area (Å²) in [6, 6.07) is 6.03. The van der Waals surface area contributed by atoms with Gasteiger partial charge in [-0.2, -0.15) is 0 Å². The lowest BCUT2D eigenvalue weighted by Gasteiger charge is -2.32. The Hall–Kier alpha value is -2.50. The fourth-order valence-electron chi connectivity index (χ4n) is 2.67. The molecule has 1 aliphatic heterocycles. The van der Waals surface area contributed by atoms with E-state index in [4.69, 9.17) is 4.74 Å². The summed E-state index contributed by atoms with van der Waals surface area (Å²) in [4.78, 5) is 22.3. The van der Waals surface area contributed by atoms with E-state index in [-0.39, 0.29) is 24.2 Å². The quantitative estimate of drug-likeness (QED) is 0.868. The Morgan fingerprint density at radius 3 is 2.87 bits per heavy atom. The van der Waals surface area contributed by atoms with E-state index in [2.05, 4.69) is 9.97 Å². The summed E-state index contributed by atoms with van der Waals surface area (Å²) in [5.74, 6) is 0.214. The van der Waals surface area contributed by atoms with Crippen LogP contribution in [0.4, 0.5) is 4.39 Å². The number of likely N-dealkylation sites (tertiary alicyclic amines) is 1. The van der Waals surface area contributed by atoms with E-state index in [0.717, 1.165) is 24.9 Å². The predicted molar refractivity (Wildman–Crippen MR) is 82.4 cm³/mol. The molecular weight excluding hydrogens is 297 g/mol. The van der Waals surface area contributed by atoms with Crippen molar-refractivity contribution in [2.75, 3.05) is 13.1 Å². The van der Waals surface area contributed by atoms with Gasteiger partial charge in [0.15, 0.2) is 0 Å². The van der Waals surface area contributed by atoms with Crippen molar-refractivity contribution in [2.24, 2.45) is 0 Å². The monoisotopic (exact) mass is 315 g/mol. The number of amides is 1. The number of hydrogen-bond donors (Lipinski definition) is 0. The second kappa shape index (κ2) is 7.17. The number of aromatic nitrogens is 2. The first kappa shape index (κ1) is 15.4. The topological polar surface area (TPSA) is 55.3 Å². The first-order chi connectivity index (χ1) is 11.2. The molecule has 1 aliphatic rings. The van der Waals surface area contributed by atoms with Gasteiger partial charge >= 0.3 is 0 Å². The Balaban J connectivity index is 1.57. The zero-order valence-electron chi connectivity index (χ0n) is 12.7. The molecule has 3 rings (SSSR count). The maximum atomic E-state index is 12.9. The van der Waals surface area contributed by atoms with Crippen LogP contribution in [0.5, 0.6) is 5.88 Å². The highest BCUT2D eigenvalue weighted by atomic mass is 19.1. The molecule has 1 unspecified atom stereocenters. The molecule has 0 aliphatic carbocycles. The third-order valence-corrected chi connectivity index (χ3v) is 3.83. The van der Waals surface area contributed by atoms with Crippen LogP contribution in [-0.2, 0) is 11.2 Å². The summed E-state index contributed by atoms with van der Waals surface area (Å²) in [5, 5.41) is 0. The van der Waals surface area contributed by atoms with Crippen LogP contribution < -0.4 is 4.74 Å². The lowest BCUT2D eigenvalue weighted by atomic mass is 10.1. The maximum absolute atomic E-state index is 12.9. The molecule has 2 heterocycles. The molecule has 0 radical (unpaired) electrons. The average Bonchev–Trinajstić information content (AvgIpc) is 2.58. The highest BCUT2D eigenvalue weighted by Crippen LogP contribution is 2.17. The Labute approximate surface area is 134 Å². The van der Waals surface area contributed by atoms with Gasteiger partial charge in [-0.3, -0.25) is 9.78 Å². The molecule has 2 aromatic rings. The Morgan fingerprint density at radius 1 is 1.30 bits per heavy atom. The first-order valence-corrected chi connectivity index (χ1v) is 7.65. The molecule has 0 spiro atoms. The smallest absolute Gasteiger partial charge is 0.232 e. The number of benzene rings is 1. The molecule has 1 aromatic carbocycles. The van der Waals surface area contributed by atoms with Crippen LogP contribution in [0.15, 0.2) is 42.9 Å². The zero-order valence-corrected chi connectivity index (χ0v) is 12.7. The van der Waals surface area contributed by atoms with Crippen molar-refractivity contribution in [1.82, 2.24) is 14.9 Å². The van der Waals surface area contributed by atoms with E-state index < -0.39 is 0 Å². The molecule has 120 valence electrons. The normalized spacial score (nSPS) is 17.8. The minimum absolute atomic E-state index is 0.0315. The van der Waals surface area contributed by atoms with Gasteiger partial charge < -0.3 is 9.64 Å². The average molecular weight is 315 g/mol. The summed E-state index contributed by atoms with van der Waals surface area (Å²) in [5.41, 5.74) is 0.813. The third kappa shape index (κ3) is 4.25. The van der Waals surface area contributed by atoms with Crippen LogP contribution in [0.25, 0.3) is 0 Å². The van der Waals surface area contributed by atoms with Gasteiger partial charge in [0.2, 0.25) is 11.8 Å². The summed E-state index contributed by atoms with van der Waals surface area (Å²) in [6.07, 6.45) is 6.72. The zero-order chi connectivity index (χ0) is 16.1. The van der Waals surface area contributed by atoms with Gasteiger partial charge in [0.25, 0.3) is 0 Å². The summed E-state index contributed by atoms with van der Waals surface area (Å²) in [6.45, 7) is 1.26. The van der Waals surface area contributed by atoms with Gasteiger partial charge in [0.05, 0.1) is 19.2 Å². The fraction of sp³-hybridized carbons (Fsp3) is 0.353. The number of nitrogens with zero attached hydrogens (tertiary/aromatic N) is 3. The molecule has 1 atom stereocenters. The van der Waals surface area contributed by atoms with Crippen LogP contribution in [0.1, 0.15) is 18.4 Å². The molecular formula is C17H18FN3O2. The second-order valence-corrected chi connectivity index (χ2v) is 5.57. The number of piperidine rings is 1. The molecule has 1 saturated heterocycles. The van der Waals surface area contributed by atoms with Crippen molar-refractivity contribution >= 4 is 5.91 Å². The minimum Gasteiger partial charge on any atom is -0.471 e. The molecule has 0 N–H and O–H groups in total. The van der Waals surface area contributed by atoms with Gasteiger partial charge in [-0.15, -0.1) is 0 Å². The molecule has 6 heteroatoms. The van der Waals surface area contributed by atoms with E-state index in [0.29, 0.717) is 12.4 Å². The number of hydrogen-bond acceptors (Lipinski definition) is 4. The number of ether oxygens (including phenoxy) is 1. The van der Waals surface area contributed by atoms with Crippen molar-refractivity contribution in [3.63, 3.8) is 0 Å². The molecule has 1 aromatic heterocycles.